The summed E-state index contributed by atoms with van der Waals surface area (Å²) in [6.45, 7) is -0.672. The molecule has 1 amide bonds. The Morgan fingerprint density at radius 3 is 2.82 bits per heavy atom. The zero-order valence-corrected chi connectivity index (χ0v) is 8.92. The van der Waals surface area contributed by atoms with E-state index in [4.69, 9.17) is 14.7 Å². The van der Waals surface area contributed by atoms with Crippen molar-refractivity contribution >= 4 is 11.9 Å². The minimum absolute atomic E-state index is 0.0339. The molecule has 1 fully saturated rings. The topological polar surface area (TPSA) is 113 Å². The zero-order valence-electron chi connectivity index (χ0n) is 8.92. The van der Waals surface area contributed by atoms with Crippen molar-refractivity contribution in [3.05, 3.63) is 17.5 Å². The van der Waals surface area contributed by atoms with Crippen molar-refractivity contribution in [2.45, 2.75) is 24.8 Å². The predicted molar refractivity (Wildman–Crippen MR) is 54.5 cm³/mol. The van der Waals surface area contributed by atoms with Crippen LogP contribution < -0.4 is 5.32 Å². The van der Waals surface area contributed by atoms with Crippen molar-refractivity contribution in [3.8, 4) is 0 Å². The lowest BCUT2D eigenvalue weighted by atomic mass is 10.2. The fraction of sp³-hybridized carbons (Fsp3) is 0.500. The third-order valence-corrected chi connectivity index (χ3v) is 2.53. The number of carbonyl (C=O) groups is 2. The SMILES string of the molecule is O=C(NC(CO)C(=O)O)c1cc(C2CC2)on1. The summed E-state index contributed by atoms with van der Waals surface area (Å²) >= 11 is 0. The lowest BCUT2D eigenvalue weighted by Gasteiger charge is -2.09. The fourth-order valence-corrected chi connectivity index (χ4v) is 1.37. The Balaban J connectivity index is 2.00. The summed E-state index contributed by atoms with van der Waals surface area (Å²) in [5.41, 5.74) is 0.0339. The first-order valence-electron chi connectivity index (χ1n) is 5.23. The average Bonchev–Trinajstić information content (AvgIpc) is 3.03. The third-order valence-electron chi connectivity index (χ3n) is 2.53. The lowest BCUT2D eigenvalue weighted by molar-refractivity contribution is -0.140. The first-order chi connectivity index (χ1) is 8.11. The van der Waals surface area contributed by atoms with Gasteiger partial charge in [0.2, 0.25) is 0 Å². The summed E-state index contributed by atoms with van der Waals surface area (Å²) in [5.74, 6) is -0.989. The van der Waals surface area contributed by atoms with Gasteiger partial charge in [0.1, 0.15) is 5.76 Å². The number of aliphatic carboxylic acids is 1. The molecule has 0 saturated heterocycles. The van der Waals surface area contributed by atoms with Crippen LogP contribution in [0.25, 0.3) is 0 Å². The number of rotatable bonds is 5. The molecule has 0 bridgehead atoms. The second-order valence-corrected chi connectivity index (χ2v) is 3.94. The Hall–Kier alpha value is -1.89. The molecule has 0 radical (unpaired) electrons. The number of hydrogen-bond donors (Lipinski definition) is 3. The number of amides is 1. The summed E-state index contributed by atoms with van der Waals surface area (Å²) in [6, 6.07) is 0.173. The first-order valence-corrected chi connectivity index (χ1v) is 5.23. The summed E-state index contributed by atoms with van der Waals surface area (Å²) in [5, 5.41) is 23.1. The number of aromatic nitrogens is 1. The number of carbonyl (C=O) groups excluding carboxylic acids is 1. The van der Waals surface area contributed by atoms with Gasteiger partial charge in [-0.15, -0.1) is 0 Å². The van der Waals surface area contributed by atoms with Crippen LogP contribution >= 0.6 is 0 Å². The molecule has 1 unspecified atom stereocenters. The lowest BCUT2D eigenvalue weighted by Crippen LogP contribution is -2.43. The monoisotopic (exact) mass is 240 g/mol. The number of nitrogens with zero attached hydrogens (tertiary/aromatic N) is 1. The molecule has 17 heavy (non-hydrogen) atoms. The minimum Gasteiger partial charge on any atom is -0.480 e. The van der Waals surface area contributed by atoms with Crippen molar-refractivity contribution in [3.63, 3.8) is 0 Å². The van der Waals surface area contributed by atoms with Gasteiger partial charge in [-0.3, -0.25) is 4.79 Å². The van der Waals surface area contributed by atoms with Crippen LogP contribution in [0, 0.1) is 0 Å². The maximum Gasteiger partial charge on any atom is 0.328 e. The second-order valence-electron chi connectivity index (χ2n) is 3.94. The fourth-order valence-electron chi connectivity index (χ4n) is 1.37. The Morgan fingerprint density at radius 2 is 2.29 bits per heavy atom. The van der Waals surface area contributed by atoms with E-state index in [1.807, 2.05) is 0 Å². The molecule has 2 rings (SSSR count). The largest absolute Gasteiger partial charge is 0.480 e. The van der Waals surface area contributed by atoms with E-state index in [1.165, 1.54) is 6.07 Å². The van der Waals surface area contributed by atoms with Crippen LogP contribution in [0.4, 0.5) is 0 Å². The van der Waals surface area contributed by atoms with Gasteiger partial charge >= 0.3 is 5.97 Å². The van der Waals surface area contributed by atoms with E-state index >= 15 is 0 Å². The van der Waals surface area contributed by atoms with E-state index < -0.39 is 24.5 Å². The summed E-state index contributed by atoms with van der Waals surface area (Å²) in [7, 11) is 0. The Morgan fingerprint density at radius 1 is 1.59 bits per heavy atom. The van der Waals surface area contributed by atoms with Crippen molar-refractivity contribution < 1.29 is 24.3 Å². The predicted octanol–water partition coefficient (Wildman–Crippen LogP) is -0.273. The zero-order chi connectivity index (χ0) is 12.4. The molecule has 1 aliphatic carbocycles. The Labute approximate surface area is 96.4 Å². The van der Waals surface area contributed by atoms with Gasteiger partial charge in [0.15, 0.2) is 11.7 Å². The number of carboxylic acid groups (broad SMARTS) is 1. The molecule has 1 heterocycles. The van der Waals surface area contributed by atoms with E-state index in [-0.39, 0.29) is 5.69 Å². The van der Waals surface area contributed by atoms with Crippen molar-refractivity contribution in [1.29, 1.82) is 0 Å². The van der Waals surface area contributed by atoms with Gasteiger partial charge in [0, 0.05) is 12.0 Å². The molecule has 7 nitrogen and oxygen atoms in total. The van der Waals surface area contributed by atoms with Crippen LogP contribution in [0.3, 0.4) is 0 Å². The van der Waals surface area contributed by atoms with Gasteiger partial charge in [0.25, 0.3) is 5.91 Å². The van der Waals surface area contributed by atoms with Gasteiger partial charge in [-0.25, -0.2) is 4.79 Å². The number of hydrogen-bond acceptors (Lipinski definition) is 5. The second kappa shape index (κ2) is 4.54. The van der Waals surface area contributed by atoms with Crippen LogP contribution in [-0.2, 0) is 4.79 Å². The van der Waals surface area contributed by atoms with Gasteiger partial charge in [-0.1, -0.05) is 5.16 Å². The molecule has 1 atom stereocenters. The number of aliphatic hydroxyl groups is 1. The van der Waals surface area contributed by atoms with E-state index in [2.05, 4.69) is 10.5 Å². The molecule has 1 saturated carbocycles. The third kappa shape index (κ3) is 2.62. The van der Waals surface area contributed by atoms with Crippen molar-refractivity contribution in [1.82, 2.24) is 10.5 Å². The summed E-state index contributed by atoms with van der Waals surface area (Å²) in [6.07, 6.45) is 2.04. The molecule has 0 spiro atoms. The molecule has 1 aliphatic rings. The van der Waals surface area contributed by atoms with Crippen LogP contribution in [0.1, 0.15) is 35.0 Å². The van der Waals surface area contributed by atoms with Crippen LogP contribution in [0.5, 0.6) is 0 Å². The Kier molecular flexibility index (Phi) is 3.10. The molecule has 7 heteroatoms. The van der Waals surface area contributed by atoms with Crippen LogP contribution in [-0.4, -0.2) is 39.9 Å². The molecule has 3 N–H and O–H groups in total. The van der Waals surface area contributed by atoms with E-state index in [1.54, 1.807) is 0 Å². The van der Waals surface area contributed by atoms with E-state index in [0.717, 1.165) is 12.8 Å². The smallest absolute Gasteiger partial charge is 0.328 e. The quantitative estimate of drug-likeness (QED) is 0.652. The highest BCUT2D eigenvalue weighted by molar-refractivity contribution is 5.94. The summed E-state index contributed by atoms with van der Waals surface area (Å²) < 4.78 is 4.96. The van der Waals surface area contributed by atoms with Gasteiger partial charge in [0.05, 0.1) is 6.61 Å². The number of aliphatic hydroxyl groups excluding tert-OH is 1. The highest BCUT2D eigenvalue weighted by Gasteiger charge is 2.29. The summed E-state index contributed by atoms with van der Waals surface area (Å²) in [4.78, 5) is 22.2. The molecule has 0 aromatic carbocycles. The minimum atomic E-state index is -1.33. The Bertz CT molecular complexity index is 438. The van der Waals surface area contributed by atoms with Crippen molar-refractivity contribution in [2.75, 3.05) is 6.61 Å². The maximum absolute atomic E-state index is 11.6. The molecule has 0 aliphatic heterocycles. The van der Waals surface area contributed by atoms with Crippen LogP contribution in [0.15, 0.2) is 10.6 Å². The molecule has 1 aromatic heterocycles. The molecular weight excluding hydrogens is 228 g/mol. The molecule has 1 aromatic rings. The van der Waals surface area contributed by atoms with Crippen LogP contribution in [0.2, 0.25) is 0 Å². The number of nitrogens with one attached hydrogen (secondary N) is 1. The van der Waals surface area contributed by atoms with Gasteiger partial charge in [-0.05, 0) is 12.8 Å². The maximum atomic E-state index is 11.6. The highest BCUT2D eigenvalue weighted by atomic mass is 16.5. The molecular formula is C10H12N2O5. The van der Waals surface area contributed by atoms with E-state index in [0.29, 0.717) is 11.7 Å². The van der Waals surface area contributed by atoms with E-state index in [9.17, 15) is 9.59 Å². The first kappa shape index (κ1) is 11.6. The average molecular weight is 240 g/mol. The highest BCUT2D eigenvalue weighted by Crippen LogP contribution is 2.40. The molecule has 92 valence electrons. The number of carboxylic acids is 1. The van der Waals surface area contributed by atoms with Gasteiger partial charge in [-0.2, -0.15) is 0 Å². The van der Waals surface area contributed by atoms with Crippen molar-refractivity contribution in [2.24, 2.45) is 0 Å². The van der Waals surface area contributed by atoms with Gasteiger partial charge < -0.3 is 20.1 Å². The standard InChI is InChI=1S/C10H12N2O5/c13-4-7(10(15)16)11-9(14)6-3-8(17-12-6)5-1-2-5/h3,5,7,13H,1-2,4H2,(H,11,14)(H,15,16). The normalized spacial score (nSPS) is 16.5.